The lowest BCUT2D eigenvalue weighted by atomic mass is 10.7. The van der Waals surface area contributed by atoms with E-state index >= 15 is 0 Å². The first kappa shape index (κ1) is 5.00. The molecule has 1 radical (unpaired) electrons. The molecule has 1 heterocycles. The number of rotatable bonds is 0. The number of thiazole rings is 1. The molecular formula is C4H4NS2. The summed E-state index contributed by atoms with van der Waals surface area (Å²) >= 11 is 6.29. The average molecular weight is 130 g/mol. The Morgan fingerprint density at radius 1 is 1.86 bits per heavy atom. The molecule has 1 rings (SSSR count). The summed E-state index contributed by atoms with van der Waals surface area (Å²) in [6, 6.07) is 0. The topological polar surface area (TPSA) is 12.9 Å². The van der Waals surface area contributed by atoms with E-state index < -0.39 is 0 Å². The van der Waals surface area contributed by atoms with Gasteiger partial charge in [0.1, 0.15) is 0 Å². The fraction of sp³-hybridized carbons (Fsp3) is 0.250. The van der Waals surface area contributed by atoms with E-state index in [-0.39, 0.29) is 0 Å². The van der Waals surface area contributed by atoms with Crippen molar-refractivity contribution >= 4 is 24.0 Å². The van der Waals surface area contributed by atoms with E-state index in [1.165, 1.54) is 4.88 Å². The number of aromatic nitrogens is 1. The van der Waals surface area contributed by atoms with Gasteiger partial charge in [0.25, 0.3) is 0 Å². The molecule has 0 saturated carbocycles. The molecule has 0 aliphatic heterocycles. The van der Waals surface area contributed by atoms with E-state index in [1.54, 1.807) is 17.5 Å². The SMILES string of the molecule is Cc1cnc([S])s1. The number of aryl methyl sites for hydroxylation is 1. The van der Waals surface area contributed by atoms with E-state index in [4.69, 9.17) is 12.6 Å². The zero-order valence-corrected chi connectivity index (χ0v) is 5.47. The molecule has 0 unspecified atom stereocenters. The van der Waals surface area contributed by atoms with Crippen LogP contribution in [0.15, 0.2) is 10.5 Å². The summed E-state index contributed by atoms with van der Waals surface area (Å²) in [5.41, 5.74) is 0. The van der Waals surface area contributed by atoms with E-state index in [9.17, 15) is 0 Å². The number of nitrogens with zero attached hydrogens (tertiary/aromatic N) is 1. The fourth-order valence-corrected chi connectivity index (χ4v) is 1.27. The second-order valence-corrected chi connectivity index (χ2v) is 3.12. The molecular weight excluding hydrogens is 126 g/mol. The van der Waals surface area contributed by atoms with Crippen molar-refractivity contribution in [3.63, 3.8) is 0 Å². The van der Waals surface area contributed by atoms with Gasteiger partial charge in [0.15, 0.2) is 4.34 Å². The van der Waals surface area contributed by atoms with Gasteiger partial charge < -0.3 is 0 Å². The van der Waals surface area contributed by atoms with E-state index in [0.29, 0.717) is 0 Å². The van der Waals surface area contributed by atoms with Gasteiger partial charge >= 0.3 is 0 Å². The maximum atomic E-state index is 4.74. The van der Waals surface area contributed by atoms with Gasteiger partial charge in [0.05, 0.1) is 0 Å². The summed E-state index contributed by atoms with van der Waals surface area (Å²) in [6.45, 7) is 1.99. The molecule has 0 saturated heterocycles. The van der Waals surface area contributed by atoms with Crippen LogP contribution in [0.5, 0.6) is 0 Å². The molecule has 0 aromatic carbocycles. The summed E-state index contributed by atoms with van der Waals surface area (Å²) in [7, 11) is 0. The maximum Gasteiger partial charge on any atom is 0.180 e. The Labute approximate surface area is 51.8 Å². The van der Waals surface area contributed by atoms with Crippen LogP contribution >= 0.6 is 24.0 Å². The number of hydrogen-bond donors (Lipinski definition) is 0. The number of hydrogen-bond acceptors (Lipinski definition) is 2. The van der Waals surface area contributed by atoms with Crippen molar-refractivity contribution in [1.29, 1.82) is 0 Å². The van der Waals surface area contributed by atoms with Crippen molar-refractivity contribution in [2.24, 2.45) is 0 Å². The Kier molecular flexibility index (Phi) is 1.25. The van der Waals surface area contributed by atoms with Crippen molar-refractivity contribution < 1.29 is 0 Å². The molecule has 37 valence electrons. The van der Waals surface area contributed by atoms with Crippen molar-refractivity contribution in [3.05, 3.63) is 11.1 Å². The molecule has 0 atom stereocenters. The van der Waals surface area contributed by atoms with Gasteiger partial charge in [-0.15, -0.1) is 11.3 Å². The lowest BCUT2D eigenvalue weighted by Gasteiger charge is -1.66. The molecule has 0 spiro atoms. The van der Waals surface area contributed by atoms with Crippen molar-refractivity contribution in [1.82, 2.24) is 4.98 Å². The first-order chi connectivity index (χ1) is 3.29. The molecule has 1 aromatic rings. The highest BCUT2D eigenvalue weighted by atomic mass is 32.2. The molecule has 3 heteroatoms. The van der Waals surface area contributed by atoms with Gasteiger partial charge in [0.2, 0.25) is 0 Å². The van der Waals surface area contributed by atoms with Crippen LogP contribution in [0.4, 0.5) is 0 Å². The molecule has 1 nitrogen and oxygen atoms in total. The highest BCUT2D eigenvalue weighted by Gasteiger charge is 1.88. The van der Waals surface area contributed by atoms with Crippen LogP contribution < -0.4 is 0 Å². The van der Waals surface area contributed by atoms with Crippen LogP contribution in [0.3, 0.4) is 0 Å². The predicted octanol–water partition coefficient (Wildman–Crippen LogP) is 2.01. The molecule has 0 amide bonds. The monoisotopic (exact) mass is 130 g/mol. The Morgan fingerprint density at radius 3 is 2.71 bits per heavy atom. The standard InChI is InChI=1S/C4H4NS2/c1-3-2-5-4(6)7-3/h2H,1H3. The van der Waals surface area contributed by atoms with Gasteiger partial charge in [-0.3, -0.25) is 0 Å². The van der Waals surface area contributed by atoms with Crippen LogP contribution in [0, 0.1) is 6.92 Å². The van der Waals surface area contributed by atoms with Crippen LogP contribution in [0.2, 0.25) is 0 Å². The Balaban J connectivity index is 3.04. The molecule has 0 fully saturated rings. The molecule has 7 heavy (non-hydrogen) atoms. The van der Waals surface area contributed by atoms with Crippen LogP contribution in [0.1, 0.15) is 4.88 Å². The Morgan fingerprint density at radius 2 is 2.57 bits per heavy atom. The van der Waals surface area contributed by atoms with E-state index in [0.717, 1.165) is 4.34 Å². The first-order valence-electron chi connectivity index (χ1n) is 1.88. The van der Waals surface area contributed by atoms with Gasteiger partial charge in [-0.05, 0) is 19.6 Å². The van der Waals surface area contributed by atoms with Crippen LogP contribution in [0.25, 0.3) is 0 Å². The summed E-state index contributed by atoms with van der Waals surface area (Å²) in [6.07, 6.45) is 1.78. The second-order valence-electron chi connectivity index (χ2n) is 1.24. The third kappa shape index (κ3) is 1.11. The summed E-state index contributed by atoms with van der Waals surface area (Å²) in [5, 5.41) is 0. The van der Waals surface area contributed by atoms with Gasteiger partial charge in [0, 0.05) is 11.1 Å². The van der Waals surface area contributed by atoms with Gasteiger partial charge in [-0.25, -0.2) is 4.98 Å². The molecule has 0 N–H and O–H groups in total. The second kappa shape index (κ2) is 1.76. The van der Waals surface area contributed by atoms with Crippen molar-refractivity contribution in [2.45, 2.75) is 11.3 Å². The quantitative estimate of drug-likeness (QED) is 0.523. The molecule has 0 aliphatic carbocycles. The van der Waals surface area contributed by atoms with Crippen LogP contribution in [-0.2, 0) is 0 Å². The lowest BCUT2D eigenvalue weighted by Crippen LogP contribution is -1.51. The normalized spacial score (nSPS) is 9.29. The minimum Gasteiger partial charge on any atom is -0.234 e. The summed E-state index contributed by atoms with van der Waals surface area (Å²) in [4.78, 5) is 5.03. The third-order valence-electron chi connectivity index (χ3n) is 0.600. The Hall–Kier alpha value is -0.150. The highest BCUT2D eigenvalue weighted by Crippen LogP contribution is 2.13. The fourth-order valence-electron chi connectivity index (χ4n) is 0.334. The molecule has 0 aliphatic rings. The zero-order valence-electron chi connectivity index (χ0n) is 3.84. The van der Waals surface area contributed by atoms with Crippen LogP contribution in [-0.4, -0.2) is 4.98 Å². The van der Waals surface area contributed by atoms with Crippen molar-refractivity contribution in [2.75, 3.05) is 0 Å². The lowest BCUT2D eigenvalue weighted by molar-refractivity contribution is 1.25. The Bertz CT molecular complexity index is 142. The largest absolute Gasteiger partial charge is 0.234 e. The summed E-state index contributed by atoms with van der Waals surface area (Å²) in [5.74, 6) is 0. The first-order valence-corrected chi connectivity index (χ1v) is 3.11. The molecule has 1 aromatic heterocycles. The maximum absolute atomic E-state index is 4.74. The minimum absolute atomic E-state index is 0.734. The van der Waals surface area contributed by atoms with E-state index in [1.807, 2.05) is 6.92 Å². The highest BCUT2D eigenvalue weighted by molar-refractivity contribution is 7.82. The predicted molar refractivity (Wildman–Crippen MR) is 32.7 cm³/mol. The van der Waals surface area contributed by atoms with Gasteiger partial charge in [-0.2, -0.15) is 0 Å². The minimum atomic E-state index is 0.734. The van der Waals surface area contributed by atoms with Crippen molar-refractivity contribution in [3.8, 4) is 0 Å². The van der Waals surface area contributed by atoms with E-state index in [2.05, 4.69) is 4.98 Å². The smallest absolute Gasteiger partial charge is 0.180 e. The zero-order chi connectivity index (χ0) is 5.28. The average Bonchev–Trinajstić information content (AvgIpc) is 1.87. The third-order valence-corrected chi connectivity index (χ3v) is 1.66. The molecule has 0 bridgehead atoms. The summed E-state index contributed by atoms with van der Waals surface area (Å²) < 4.78 is 0.734. The van der Waals surface area contributed by atoms with Gasteiger partial charge in [-0.1, -0.05) is 0 Å².